The van der Waals surface area contributed by atoms with Gasteiger partial charge in [-0.3, -0.25) is 9.59 Å². The van der Waals surface area contributed by atoms with Crippen LogP contribution >= 0.6 is 0 Å². The number of nitrogens with one attached hydrogen (secondary N) is 2. The number of hydrogen-bond donors (Lipinski definition) is 2. The maximum Gasteiger partial charge on any atom is 0.319 e. The molecule has 0 aliphatic carbocycles. The van der Waals surface area contributed by atoms with Crippen LogP contribution in [0.25, 0.3) is 11.3 Å². The minimum Gasteiger partial charge on any atom is -0.487 e. The van der Waals surface area contributed by atoms with Crippen LogP contribution in [0.2, 0.25) is 0 Å². The van der Waals surface area contributed by atoms with E-state index < -0.39 is 0 Å². The molecule has 0 aromatic heterocycles. The Morgan fingerprint density at radius 3 is 2.93 bits per heavy atom. The van der Waals surface area contributed by atoms with Gasteiger partial charge in [0.2, 0.25) is 0 Å². The van der Waals surface area contributed by atoms with Crippen LogP contribution in [0.5, 0.6) is 0 Å². The first-order valence-corrected chi connectivity index (χ1v) is 8.85. The SMILES string of the molecule is COC(=O)CNCCc1ccc2c(c1)COC2=C1C(=O)Nc2ccccc21. The molecule has 0 bridgehead atoms. The predicted molar refractivity (Wildman–Crippen MR) is 102 cm³/mol. The highest BCUT2D eigenvalue weighted by atomic mass is 16.5. The van der Waals surface area contributed by atoms with Gasteiger partial charge in [0.1, 0.15) is 12.4 Å². The summed E-state index contributed by atoms with van der Waals surface area (Å²) in [5.74, 6) is 0.238. The highest BCUT2D eigenvalue weighted by molar-refractivity contribution is 6.36. The average Bonchev–Trinajstić information content (AvgIpc) is 3.24. The third kappa shape index (κ3) is 3.31. The maximum absolute atomic E-state index is 12.5. The fraction of sp³-hybridized carbons (Fsp3) is 0.238. The van der Waals surface area contributed by atoms with E-state index in [1.807, 2.05) is 36.4 Å². The first-order chi connectivity index (χ1) is 13.2. The highest BCUT2D eigenvalue weighted by Gasteiger charge is 2.32. The molecule has 0 unspecified atom stereocenters. The number of anilines is 1. The molecule has 6 nitrogen and oxygen atoms in total. The number of hydrogen-bond acceptors (Lipinski definition) is 5. The van der Waals surface area contributed by atoms with Crippen molar-refractivity contribution >= 4 is 28.9 Å². The number of rotatable bonds is 5. The van der Waals surface area contributed by atoms with Crippen LogP contribution in [0.1, 0.15) is 22.3 Å². The Kier molecular flexibility index (Phi) is 4.64. The standard InChI is InChI=1S/C21H20N2O4/c1-26-18(24)11-22-9-8-13-6-7-15-14(10-13)12-27-20(15)19-16-4-2-3-5-17(16)23-21(19)25/h2-7,10,22H,8-9,11-12H2,1H3,(H,23,25). The van der Waals surface area contributed by atoms with Crippen LogP contribution in [-0.2, 0) is 32.1 Å². The molecule has 2 aliphatic rings. The van der Waals surface area contributed by atoms with E-state index in [2.05, 4.69) is 21.4 Å². The van der Waals surface area contributed by atoms with Crippen LogP contribution in [0.3, 0.4) is 0 Å². The van der Waals surface area contributed by atoms with Crippen molar-refractivity contribution in [1.82, 2.24) is 5.32 Å². The van der Waals surface area contributed by atoms with Gasteiger partial charge >= 0.3 is 5.97 Å². The second-order valence-corrected chi connectivity index (χ2v) is 6.49. The first kappa shape index (κ1) is 17.3. The lowest BCUT2D eigenvalue weighted by Gasteiger charge is -2.07. The highest BCUT2D eigenvalue weighted by Crippen LogP contribution is 2.41. The maximum atomic E-state index is 12.5. The first-order valence-electron chi connectivity index (χ1n) is 8.85. The lowest BCUT2D eigenvalue weighted by atomic mass is 9.98. The molecule has 2 aromatic carbocycles. The Bertz CT molecular complexity index is 949. The van der Waals surface area contributed by atoms with Crippen molar-refractivity contribution in [2.24, 2.45) is 0 Å². The van der Waals surface area contributed by atoms with Crippen LogP contribution in [0.15, 0.2) is 42.5 Å². The molecule has 6 heteroatoms. The number of amides is 1. The zero-order valence-electron chi connectivity index (χ0n) is 15.0. The van der Waals surface area contributed by atoms with E-state index in [-0.39, 0.29) is 18.4 Å². The normalized spacial score (nSPS) is 17.1. The number of esters is 1. The van der Waals surface area contributed by atoms with E-state index >= 15 is 0 Å². The molecule has 0 atom stereocenters. The number of para-hydroxylation sites is 1. The molecule has 138 valence electrons. The van der Waals surface area contributed by atoms with Gasteiger partial charge in [0, 0.05) is 22.4 Å². The van der Waals surface area contributed by atoms with Crippen LogP contribution < -0.4 is 10.6 Å². The Hall–Kier alpha value is -3.12. The number of methoxy groups -OCH3 is 1. The largest absolute Gasteiger partial charge is 0.487 e. The van der Waals surface area contributed by atoms with Gasteiger partial charge in [0.15, 0.2) is 0 Å². The van der Waals surface area contributed by atoms with E-state index in [0.717, 1.165) is 34.4 Å². The summed E-state index contributed by atoms with van der Waals surface area (Å²) in [7, 11) is 1.37. The smallest absolute Gasteiger partial charge is 0.319 e. The summed E-state index contributed by atoms with van der Waals surface area (Å²) in [6.45, 7) is 1.33. The van der Waals surface area contributed by atoms with Gasteiger partial charge in [0.05, 0.1) is 19.2 Å². The topological polar surface area (TPSA) is 76.7 Å². The fourth-order valence-electron chi connectivity index (χ4n) is 3.42. The van der Waals surface area contributed by atoms with Gasteiger partial charge in [-0.25, -0.2) is 0 Å². The van der Waals surface area contributed by atoms with Gasteiger partial charge in [-0.05, 0) is 24.6 Å². The second kappa shape index (κ2) is 7.25. The number of ether oxygens (including phenoxy) is 2. The number of fused-ring (bicyclic) bond motifs is 2. The van der Waals surface area contributed by atoms with E-state index in [1.165, 1.54) is 7.11 Å². The van der Waals surface area contributed by atoms with Crippen molar-refractivity contribution < 1.29 is 19.1 Å². The monoisotopic (exact) mass is 364 g/mol. The van der Waals surface area contributed by atoms with Crippen molar-refractivity contribution in [3.05, 3.63) is 64.7 Å². The average molecular weight is 364 g/mol. The second-order valence-electron chi connectivity index (χ2n) is 6.49. The molecule has 2 aromatic rings. The van der Waals surface area contributed by atoms with Gasteiger partial charge in [-0.15, -0.1) is 0 Å². The summed E-state index contributed by atoms with van der Waals surface area (Å²) < 4.78 is 10.5. The predicted octanol–water partition coefficient (Wildman–Crippen LogP) is 2.34. The molecule has 27 heavy (non-hydrogen) atoms. The number of benzene rings is 2. The molecule has 0 spiro atoms. The third-order valence-electron chi connectivity index (χ3n) is 4.77. The molecule has 4 rings (SSSR count). The van der Waals surface area contributed by atoms with E-state index in [1.54, 1.807) is 0 Å². The van der Waals surface area contributed by atoms with E-state index in [4.69, 9.17) is 4.74 Å². The number of carbonyl (C=O) groups excluding carboxylic acids is 2. The Morgan fingerprint density at radius 2 is 2.07 bits per heavy atom. The van der Waals surface area contributed by atoms with Crippen molar-refractivity contribution in [3.63, 3.8) is 0 Å². The molecular formula is C21H20N2O4. The molecule has 1 amide bonds. The molecule has 0 saturated carbocycles. The third-order valence-corrected chi connectivity index (χ3v) is 4.77. The Balaban J connectivity index is 1.54. The van der Waals surface area contributed by atoms with Crippen molar-refractivity contribution in [2.75, 3.05) is 25.5 Å². The van der Waals surface area contributed by atoms with Gasteiger partial charge in [-0.2, -0.15) is 0 Å². The molecule has 0 fully saturated rings. The zero-order valence-corrected chi connectivity index (χ0v) is 15.0. The summed E-state index contributed by atoms with van der Waals surface area (Å²) in [5.41, 5.74) is 5.47. The number of carbonyl (C=O) groups is 2. The van der Waals surface area contributed by atoms with E-state index in [0.29, 0.717) is 24.5 Å². The van der Waals surface area contributed by atoms with Crippen molar-refractivity contribution in [1.29, 1.82) is 0 Å². The van der Waals surface area contributed by atoms with E-state index in [9.17, 15) is 9.59 Å². The van der Waals surface area contributed by atoms with Gasteiger partial charge in [-0.1, -0.05) is 36.4 Å². The summed E-state index contributed by atoms with van der Waals surface area (Å²) in [5, 5.41) is 5.95. The zero-order chi connectivity index (χ0) is 18.8. The van der Waals surface area contributed by atoms with Gasteiger partial charge in [0.25, 0.3) is 5.91 Å². The summed E-state index contributed by atoms with van der Waals surface area (Å²) >= 11 is 0. The van der Waals surface area contributed by atoms with Crippen LogP contribution in [0.4, 0.5) is 5.69 Å². The summed E-state index contributed by atoms with van der Waals surface area (Å²) in [4.78, 5) is 23.6. The summed E-state index contributed by atoms with van der Waals surface area (Å²) in [6, 6.07) is 13.8. The fourth-order valence-corrected chi connectivity index (χ4v) is 3.42. The molecule has 2 aliphatic heterocycles. The molecule has 0 saturated heterocycles. The van der Waals surface area contributed by atoms with Crippen LogP contribution in [-0.4, -0.2) is 32.1 Å². The van der Waals surface area contributed by atoms with Crippen molar-refractivity contribution in [3.8, 4) is 0 Å². The Morgan fingerprint density at radius 1 is 1.22 bits per heavy atom. The molecule has 0 radical (unpaired) electrons. The minimum absolute atomic E-state index is 0.130. The Labute approximate surface area is 157 Å². The lowest BCUT2D eigenvalue weighted by molar-refractivity contribution is -0.139. The lowest BCUT2D eigenvalue weighted by Crippen LogP contribution is -2.25. The quantitative estimate of drug-likeness (QED) is 0.484. The van der Waals surface area contributed by atoms with Crippen LogP contribution in [0, 0.1) is 0 Å². The van der Waals surface area contributed by atoms with Gasteiger partial charge < -0.3 is 20.1 Å². The minimum atomic E-state index is -0.274. The molecular weight excluding hydrogens is 344 g/mol. The molecule has 2 N–H and O–H groups in total. The molecule has 2 heterocycles. The van der Waals surface area contributed by atoms with Crippen molar-refractivity contribution in [2.45, 2.75) is 13.0 Å². The summed E-state index contributed by atoms with van der Waals surface area (Å²) in [6.07, 6.45) is 0.791.